The highest BCUT2D eigenvalue weighted by Crippen LogP contribution is 2.26. The van der Waals surface area contributed by atoms with Crippen LogP contribution < -0.4 is 9.47 Å². The average molecular weight is 327 g/mol. The zero-order chi connectivity index (χ0) is 13.9. The lowest BCUT2D eigenvalue weighted by Gasteiger charge is -2.09. The van der Waals surface area contributed by atoms with Crippen LogP contribution in [0, 0.1) is 0 Å². The van der Waals surface area contributed by atoms with Crippen molar-refractivity contribution in [3.63, 3.8) is 0 Å². The molecule has 0 atom stereocenters. The third kappa shape index (κ3) is 3.17. The van der Waals surface area contributed by atoms with Crippen molar-refractivity contribution in [1.29, 1.82) is 0 Å². The molecule has 0 unspecified atom stereocenters. The molecule has 110 valence electrons. The Balaban J connectivity index is 0.00000161. The second-order valence-electron chi connectivity index (χ2n) is 3.98. The molecule has 0 aliphatic rings. The van der Waals surface area contributed by atoms with Crippen molar-refractivity contribution < 1.29 is 9.47 Å². The van der Waals surface area contributed by atoms with Gasteiger partial charge in [0.2, 0.25) is 0 Å². The van der Waals surface area contributed by atoms with Crippen LogP contribution in [0.4, 0.5) is 0 Å². The number of aromatic nitrogens is 4. The molecule has 0 aliphatic carbocycles. The van der Waals surface area contributed by atoms with E-state index in [4.69, 9.17) is 21.1 Å². The minimum absolute atomic E-state index is 0. The van der Waals surface area contributed by atoms with Gasteiger partial charge >= 0.3 is 0 Å². The fourth-order valence-corrected chi connectivity index (χ4v) is 1.92. The van der Waals surface area contributed by atoms with E-state index >= 15 is 0 Å². The molecule has 0 spiro atoms. The van der Waals surface area contributed by atoms with Gasteiger partial charge in [-0.3, -0.25) is 0 Å². The number of fused-ring (bicyclic) bond motifs is 1. The van der Waals surface area contributed by atoms with Gasteiger partial charge < -0.3 is 9.47 Å². The lowest BCUT2D eigenvalue weighted by Crippen LogP contribution is -2.04. The monoisotopic (exact) mass is 326 g/mol. The second kappa shape index (κ2) is 6.60. The summed E-state index contributed by atoms with van der Waals surface area (Å²) in [5, 5.41) is 12.5. The lowest BCUT2D eigenvalue weighted by atomic mass is 10.3. The molecule has 3 aromatic rings. The Morgan fingerprint density at radius 1 is 1.10 bits per heavy atom. The van der Waals surface area contributed by atoms with Crippen molar-refractivity contribution in [3.8, 4) is 11.5 Å². The Bertz CT molecular complexity index is 748. The molecule has 3 rings (SSSR count). The molecule has 0 saturated heterocycles. The first-order valence-corrected chi connectivity index (χ1v) is 6.28. The topological polar surface area (TPSA) is 61.5 Å². The largest absolute Gasteiger partial charge is 0.493 e. The quantitative estimate of drug-likeness (QED) is 0.737. The molecule has 1 aromatic carbocycles. The zero-order valence-corrected chi connectivity index (χ0v) is 12.6. The fourth-order valence-electron chi connectivity index (χ4n) is 1.78. The number of methoxy groups -OCH3 is 1. The van der Waals surface area contributed by atoms with Crippen LogP contribution in [0.25, 0.3) is 5.65 Å². The van der Waals surface area contributed by atoms with Gasteiger partial charge in [0.25, 0.3) is 0 Å². The molecular formula is C13H12Cl2N4O2. The van der Waals surface area contributed by atoms with Crippen molar-refractivity contribution >= 4 is 29.7 Å². The number of halogens is 2. The van der Waals surface area contributed by atoms with Gasteiger partial charge in [0, 0.05) is 0 Å². The van der Waals surface area contributed by atoms with E-state index in [0.717, 1.165) is 0 Å². The van der Waals surface area contributed by atoms with Gasteiger partial charge in [0.05, 0.1) is 7.11 Å². The number of para-hydroxylation sites is 2. The summed E-state index contributed by atoms with van der Waals surface area (Å²) in [5.74, 6) is 1.86. The smallest absolute Gasteiger partial charge is 0.192 e. The molecule has 0 fully saturated rings. The van der Waals surface area contributed by atoms with Gasteiger partial charge in [-0.15, -0.1) is 22.6 Å². The average Bonchev–Trinajstić information content (AvgIpc) is 2.87. The maximum atomic E-state index is 5.86. The SMILES string of the molecule is COc1ccccc1OCc1nnc2ccc(Cl)nn12.Cl. The Labute approximate surface area is 132 Å². The minimum Gasteiger partial charge on any atom is -0.493 e. The minimum atomic E-state index is 0. The normalized spacial score (nSPS) is 10.2. The summed E-state index contributed by atoms with van der Waals surface area (Å²) in [4.78, 5) is 0. The van der Waals surface area contributed by atoms with Gasteiger partial charge in [-0.1, -0.05) is 23.7 Å². The molecule has 6 nitrogen and oxygen atoms in total. The predicted molar refractivity (Wildman–Crippen MR) is 80.4 cm³/mol. The zero-order valence-electron chi connectivity index (χ0n) is 11.1. The van der Waals surface area contributed by atoms with E-state index < -0.39 is 0 Å². The third-order valence-electron chi connectivity index (χ3n) is 2.72. The van der Waals surface area contributed by atoms with Crippen LogP contribution in [0.5, 0.6) is 11.5 Å². The summed E-state index contributed by atoms with van der Waals surface area (Å²) in [5.41, 5.74) is 0.619. The fraction of sp³-hybridized carbons (Fsp3) is 0.154. The standard InChI is InChI=1S/C13H11ClN4O2.ClH/c1-19-9-4-2-3-5-10(9)20-8-13-16-15-12-7-6-11(14)17-18(12)13;/h2-7H,8H2,1H3;1H. The lowest BCUT2D eigenvalue weighted by molar-refractivity contribution is 0.274. The number of nitrogens with zero attached hydrogens (tertiary/aromatic N) is 4. The summed E-state index contributed by atoms with van der Waals surface area (Å²) in [7, 11) is 1.59. The number of benzene rings is 1. The Hall–Kier alpha value is -2.05. The van der Waals surface area contributed by atoms with Gasteiger partial charge in [-0.05, 0) is 24.3 Å². The molecule has 2 aromatic heterocycles. The van der Waals surface area contributed by atoms with Crippen LogP contribution in [-0.2, 0) is 6.61 Å². The molecule has 0 aliphatic heterocycles. The first kappa shape index (κ1) is 15.3. The number of hydrogen-bond acceptors (Lipinski definition) is 5. The third-order valence-corrected chi connectivity index (χ3v) is 2.92. The van der Waals surface area contributed by atoms with E-state index in [-0.39, 0.29) is 19.0 Å². The van der Waals surface area contributed by atoms with Crippen LogP contribution in [0.2, 0.25) is 5.15 Å². The highest BCUT2D eigenvalue weighted by molar-refractivity contribution is 6.29. The van der Waals surface area contributed by atoms with Crippen molar-refractivity contribution in [2.75, 3.05) is 7.11 Å². The molecule has 0 bridgehead atoms. The van der Waals surface area contributed by atoms with Crippen LogP contribution >= 0.6 is 24.0 Å². The van der Waals surface area contributed by atoms with Gasteiger partial charge in [-0.25, -0.2) is 0 Å². The van der Waals surface area contributed by atoms with E-state index in [1.54, 1.807) is 23.8 Å². The van der Waals surface area contributed by atoms with Crippen LogP contribution in [0.3, 0.4) is 0 Å². The highest BCUT2D eigenvalue weighted by atomic mass is 35.5. The molecular weight excluding hydrogens is 315 g/mol. The molecule has 0 amide bonds. The maximum absolute atomic E-state index is 5.86. The molecule has 0 saturated carbocycles. The van der Waals surface area contributed by atoms with E-state index in [0.29, 0.717) is 28.1 Å². The summed E-state index contributed by atoms with van der Waals surface area (Å²) >= 11 is 5.86. The first-order valence-electron chi connectivity index (χ1n) is 5.90. The second-order valence-corrected chi connectivity index (χ2v) is 4.37. The summed E-state index contributed by atoms with van der Waals surface area (Å²) in [6.07, 6.45) is 0. The van der Waals surface area contributed by atoms with E-state index in [9.17, 15) is 0 Å². The predicted octanol–water partition coefficient (Wildman–Crippen LogP) is 2.79. The summed E-state index contributed by atoms with van der Waals surface area (Å²) in [6, 6.07) is 10.8. The Morgan fingerprint density at radius 2 is 1.86 bits per heavy atom. The molecule has 0 N–H and O–H groups in total. The van der Waals surface area contributed by atoms with Crippen molar-refractivity contribution in [2.24, 2.45) is 0 Å². The first-order chi connectivity index (χ1) is 9.78. The molecule has 21 heavy (non-hydrogen) atoms. The van der Waals surface area contributed by atoms with Crippen LogP contribution in [0.1, 0.15) is 5.82 Å². The van der Waals surface area contributed by atoms with E-state index in [1.807, 2.05) is 24.3 Å². The molecule has 8 heteroatoms. The number of ether oxygens (including phenoxy) is 2. The van der Waals surface area contributed by atoms with Gasteiger partial charge in [-0.2, -0.15) is 9.61 Å². The van der Waals surface area contributed by atoms with Crippen molar-refractivity contribution in [2.45, 2.75) is 6.61 Å². The number of rotatable bonds is 4. The molecule has 0 radical (unpaired) electrons. The van der Waals surface area contributed by atoms with Crippen LogP contribution in [0.15, 0.2) is 36.4 Å². The number of hydrogen-bond donors (Lipinski definition) is 0. The van der Waals surface area contributed by atoms with Crippen molar-refractivity contribution in [1.82, 2.24) is 19.8 Å². The summed E-state index contributed by atoms with van der Waals surface area (Å²) in [6.45, 7) is 0.217. The summed E-state index contributed by atoms with van der Waals surface area (Å²) < 4.78 is 12.5. The Kier molecular flexibility index (Phi) is 4.82. The highest BCUT2D eigenvalue weighted by Gasteiger charge is 2.09. The van der Waals surface area contributed by atoms with Gasteiger partial charge in [0.15, 0.2) is 23.0 Å². The molecule has 2 heterocycles. The Morgan fingerprint density at radius 3 is 2.62 bits per heavy atom. The van der Waals surface area contributed by atoms with Crippen molar-refractivity contribution in [3.05, 3.63) is 47.4 Å². The van der Waals surface area contributed by atoms with Crippen LogP contribution in [-0.4, -0.2) is 26.9 Å². The maximum Gasteiger partial charge on any atom is 0.192 e. The van der Waals surface area contributed by atoms with E-state index in [1.165, 1.54) is 0 Å². The van der Waals surface area contributed by atoms with Gasteiger partial charge in [0.1, 0.15) is 11.8 Å². The van der Waals surface area contributed by atoms with E-state index in [2.05, 4.69) is 15.3 Å².